The molecule has 0 saturated carbocycles. The molecule has 4 heteroatoms. The van der Waals surface area contributed by atoms with Crippen LogP contribution >= 0.6 is 0 Å². The van der Waals surface area contributed by atoms with E-state index in [0.29, 0.717) is 0 Å². The largest absolute Gasteiger partial charge is 0.497 e. The lowest BCUT2D eigenvalue weighted by Crippen LogP contribution is -2.06. The van der Waals surface area contributed by atoms with Crippen molar-refractivity contribution in [3.63, 3.8) is 0 Å². The van der Waals surface area contributed by atoms with Crippen molar-refractivity contribution in [3.8, 4) is 17.0 Å². The van der Waals surface area contributed by atoms with Crippen molar-refractivity contribution in [1.82, 2.24) is 15.1 Å². The number of methoxy groups -OCH3 is 1. The van der Waals surface area contributed by atoms with Crippen LogP contribution in [0.2, 0.25) is 0 Å². The Morgan fingerprint density at radius 3 is 2.94 bits per heavy atom. The number of aryl methyl sites for hydroxylation is 1. The van der Waals surface area contributed by atoms with Crippen molar-refractivity contribution in [2.45, 2.75) is 6.54 Å². The molecule has 0 amide bonds. The second kappa shape index (κ2) is 5.01. The van der Waals surface area contributed by atoms with E-state index in [-0.39, 0.29) is 0 Å². The lowest BCUT2D eigenvalue weighted by Gasteiger charge is -2.08. The highest BCUT2D eigenvalue weighted by molar-refractivity contribution is 5.65. The summed E-state index contributed by atoms with van der Waals surface area (Å²) >= 11 is 0. The van der Waals surface area contributed by atoms with Gasteiger partial charge in [0.1, 0.15) is 5.75 Å². The highest BCUT2D eigenvalue weighted by Gasteiger charge is 2.10. The van der Waals surface area contributed by atoms with Crippen molar-refractivity contribution in [2.24, 2.45) is 7.05 Å². The summed E-state index contributed by atoms with van der Waals surface area (Å²) in [7, 11) is 5.56. The summed E-state index contributed by atoms with van der Waals surface area (Å²) in [4.78, 5) is 0. The van der Waals surface area contributed by atoms with Crippen LogP contribution in [0.15, 0.2) is 30.5 Å². The molecule has 0 bridgehead atoms. The van der Waals surface area contributed by atoms with E-state index >= 15 is 0 Å². The van der Waals surface area contributed by atoms with Crippen LogP contribution in [0.1, 0.15) is 5.56 Å². The minimum Gasteiger partial charge on any atom is -0.497 e. The van der Waals surface area contributed by atoms with Crippen molar-refractivity contribution >= 4 is 0 Å². The molecule has 0 saturated heterocycles. The first-order chi connectivity index (χ1) is 8.26. The Morgan fingerprint density at radius 2 is 2.24 bits per heavy atom. The van der Waals surface area contributed by atoms with E-state index < -0.39 is 0 Å². The molecule has 4 nitrogen and oxygen atoms in total. The van der Waals surface area contributed by atoms with Crippen LogP contribution < -0.4 is 10.1 Å². The molecule has 1 aromatic carbocycles. The van der Waals surface area contributed by atoms with Gasteiger partial charge in [0.2, 0.25) is 0 Å². The maximum absolute atomic E-state index is 5.25. The smallest absolute Gasteiger partial charge is 0.119 e. The van der Waals surface area contributed by atoms with Crippen LogP contribution in [-0.4, -0.2) is 23.9 Å². The first kappa shape index (κ1) is 11.7. The van der Waals surface area contributed by atoms with Gasteiger partial charge in [-0.05, 0) is 19.2 Å². The average molecular weight is 231 g/mol. The Hall–Kier alpha value is -1.81. The summed E-state index contributed by atoms with van der Waals surface area (Å²) in [6, 6.07) is 8.02. The molecule has 0 unspecified atom stereocenters. The third-order valence-electron chi connectivity index (χ3n) is 2.72. The highest BCUT2D eigenvalue weighted by atomic mass is 16.5. The lowest BCUT2D eigenvalue weighted by molar-refractivity contribution is 0.415. The number of nitrogens with one attached hydrogen (secondary N) is 1. The third-order valence-corrected chi connectivity index (χ3v) is 2.72. The molecule has 2 rings (SSSR count). The standard InChI is InChI=1S/C13H17N3O/c1-14-8-11-9-15-16(2)13(11)10-5-4-6-12(7-10)17-3/h4-7,9,14H,8H2,1-3H3. The molecular formula is C13H17N3O. The van der Waals surface area contributed by atoms with Gasteiger partial charge in [-0.15, -0.1) is 0 Å². The van der Waals surface area contributed by atoms with E-state index in [9.17, 15) is 0 Å². The minimum atomic E-state index is 0.806. The molecule has 1 heterocycles. The monoisotopic (exact) mass is 231 g/mol. The van der Waals surface area contributed by atoms with Gasteiger partial charge in [-0.3, -0.25) is 4.68 Å². The van der Waals surface area contributed by atoms with Crippen LogP contribution in [-0.2, 0) is 13.6 Å². The third kappa shape index (κ3) is 2.31. The lowest BCUT2D eigenvalue weighted by atomic mass is 10.1. The number of nitrogens with zero attached hydrogens (tertiary/aromatic N) is 2. The van der Waals surface area contributed by atoms with Crippen molar-refractivity contribution in [1.29, 1.82) is 0 Å². The summed E-state index contributed by atoms with van der Waals surface area (Å²) in [6.07, 6.45) is 1.89. The van der Waals surface area contributed by atoms with Crippen LogP contribution in [0.25, 0.3) is 11.3 Å². The van der Waals surface area contributed by atoms with E-state index in [1.807, 2.05) is 43.2 Å². The summed E-state index contributed by atoms with van der Waals surface area (Å²) in [5, 5.41) is 7.45. The van der Waals surface area contributed by atoms with Crippen molar-refractivity contribution in [3.05, 3.63) is 36.0 Å². The number of hydrogen-bond acceptors (Lipinski definition) is 3. The van der Waals surface area contributed by atoms with Gasteiger partial charge in [-0.25, -0.2) is 0 Å². The topological polar surface area (TPSA) is 39.1 Å². The zero-order chi connectivity index (χ0) is 12.3. The second-order valence-electron chi connectivity index (χ2n) is 3.90. The summed E-state index contributed by atoms with van der Waals surface area (Å²) in [6.45, 7) is 0.806. The van der Waals surface area contributed by atoms with Gasteiger partial charge in [0.25, 0.3) is 0 Å². The molecule has 0 fully saturated rings. The van der Waals surface area contributed by atoms with E-state index in [2.05, 4.69) is 16.5 Å². The zero-order valence-electron chi connectivity index (χ0n) is 10.4. The van der Waals surface area contributed by atoms with Gasteiger partial charge in [0, 0.05) is 24.7 Å². The number of aromatic nitrogens is 2. The molecule has 1 N–H and O–H groups in total. The van der Waals surface area contributed by atoms with E-state index in [0.717, 1.165) is 23.6 Å². The summed E-state index contributed by atoms with van der Waals surface area (Å²) < 4.78 is 7.14. The number of rotatable bonds is 4. The van der Waals surface area contributed by atoms with Crippen molar-refractivity contribution < 1.29 is 4.74 Å². The fraction of sp³-hybridized carbons (Fsp3) is 0.308. The molecule has 2 aromatic rings. The predicted octanol–water partition coefficient (Wildman–Crippen LogP) is 1.82. The summed E-state index contributed by atoms with van der Waals surface area (Å²) in [5.41, 5.74) is 3.43. The van der Waals surface area contributed by atoms with E-state index in [1.165, 1.54) is 5.56 Å². The molecule has 0 atom stereocenters. The predicted molar refractivity (Wildman–Crippen MR) is 68.0 cm³/mol. The molecule has 1 aromatic heterocycles. The Kier molecular flexibility index (Phi) is 3.44. The van der Waals surface area contributed by atoms with Gasteiger partial charge in [0.15, 0.2) is 0 Å². The second-order valence-corrected chi connectivity index (χ2v) is 3.90. The number of ether oxygens (including phenoxy) is 1. The maximum atomic E-state index is 5.25. The molecule has 0 aliphatic heterocycles. The highest BCUT2D eigenvalue weighted by Crippen LogP contribution is 2.26. The molecule has 0 spiro atoms. The molecule has 0 radical (unpaired) electrons. The zero-order valence-corrected chi connectivity index (χ0v) is 10.4. The van der Waals surface area contributed by atoms with E-state index in [1.54, 1.807) is 7.11 Å². The van der Waals surface area contributed by atoms with Gasteiger partial charge >= 0.3 is 0 Å². The quantitative estimate of drug-likeness (QED) is 0.872. The van der Waals surface area contributed by atoms with Crippen molar-refractivity contribution in [2.75, 3.05) is 14.2 Å². The number of hydrogen-bond donors (Lipinski definition) is 1. The SMILES string of the molecule is CNCc1cnn(C)c1-c1cccc(OC)c1. The Morgan fingerprint density at radius 1 is 1.41 bits per heavy atom. The first-order valence-corrected chi connectivity index (χ1v) is 5.56. The fourth-order valence-electron chi connectivity index (χ4n) is 1.95. The number of benzene rings is 1. The molecule has 0 aliphatic carbocycles. The molecule has 0 aliphatic rings. The Labute approximate surface area is 101 Å². The fourth-order valence-corrected chi connectivity index (χ4v) is 1.95. The van der Waals surface area contributed by atoms with Gasteiger partial charge in [-0.1, -0.05) is 12.1 Å². The first-order valence-electron chi connectivity index (χ1n) is 5.56. The normalized spacial score (nSPS) is 10.5. The summed E-state index contributed by atoms with van der Waals surface area (Å²) in [5.74, 6) is 0.860. The van der Waals surface area contributed by atoms with Gasteiger partial charge in [-0.2, -0.15) is 5.10 Å². The minimum absolute atomic E-state index is 0.806. The van der Waals surface area contributed by atoms with Crippen LogP contribution in [0.4, 0.5) is 0 Å². The Bertz CT molecular complexity index is 505. The van der Waals surface area contributed by atoms with Gasteiger partial charge < -0.3 is 10.1 Å². The molecule has 17 heavy (non-hydrogen) atoms. The van der Waals surface area contributed by atoms with E-state index in [4.69, 9.17) is 4.74 Å². The molecule has 90 valence electrons. The Balaban J connectivity index is 2.47. The van der Waals surface area contributed by atoms with Crippen LogP contribution in [0.3, 0.4) is 0 Å². The van der Waals surface area contributed by atoms with Crippen LogP contribution in [0, 0.1) is 0 Å². The molecular weight excluding hydrogens is 214 g/mol. The maximum Gasteiger partial charge on any atom is 0.119 e. The average Bonchev–Trinajstić information content (AvgIpc) is 2.71. The van der Waals surface area contributed by atoms with Crippen LogP contribution in [0.5, 0.6) is 5.75 Å². The van der Waals surface area contributed by atoms with Gasteiger partial charge in [0.05, 0.1) is 19.0 Å².